The molecule has 1 rings (SSSR count). The summed E-state index contributed by atoms with van der Waals surface area (Å²) in [6, 6.07) is 4.95. The quantitative estimate of drug-likeness (QED) is 0.316. The number of rotatable bonds is 8. The van der Waals surface area contributed by atoms with E-state index in [9.17, 15) is 20.1 Å². The van der Waals surface area contributed by atoms with Gasteiger partial charge in [0.05, 0.1) is 12.3 Å². The van der Waals surface area contributed by atoms with Crippen molar-refractivity contribution in [2.45, 2.75) is 38.3 Å². The zero-order valence-electron chi connectivity index (χ0n) is 13.3. The summed E-state index contributed by atoms with van der Waals surface area (Å²) >= 11 is 5.81. The lowest BCUT2D eigenvalue weighted by Crippen LogP contribution is -2.44. The highest BCUT2D eigenvalue weighted by atomic mass is 35.5. The Bertz CT molecular complexity index is 581. The molecule has 0 saturated heterocycles. The molecule has 5 N–H and O–H groups in total. The van der Waals surface area contributed by atoms with Gasteiger partial charge in [0, 0.05) is 5.02 Å². The molecule has 0 saturated carbocycles. The van der Waals surface area contributed by atoms with E-state index in [1.54, 1.807) is 25.1 Å². The Kier molecular flexibility index (Phi) is 8.09. The number of carbonyl (C=O) groups is 1. The summed E-state index contributed by atoms with van der Waals surface area (Å²) in [7, 11) is 0. The van der Waals surface area contributed by atoms with Crippen molar-refractivity contribution in [2.24, 2.45) is 5.10 Å². The molecule has 0 spiro atoms. The second-order valence-corrected chi connectivity index (χ2v) is 5.66. The molecule has 0 fully saturated rings. The van der Waals surface area contributed by atoms with Crippen LogP contribution in [0.2, 0.25) is 5.02 Å². The average molecular weight is 361 g/mol. The Morgan fingerprint density at radius 3 is 2.58 bits per heavy atom. The van der Waals surface area contributed by atoms with E-state index < -0.39 is 30.3 Å². The number of aliphatic hydroxyl groups excluding tert-OH is 4. The molecule has 8 nitrogen and oxygen atoms in total. The van der Waals surface area contributed by atoms with Crippen LogP contribution in [-0.4, -0.2) is 63.6 Å². The minimum absolute atomic E-state index is 0.311. The van der Waals surface area contributed by atoms with Crippen LogP contribution >= 0.6 is 11.6 Å². The Morgan fingerprint density at radius 2 is 2.00 bits per heavy atom. The van der Waals surface area contributed by atoms with Crippen molar-refractivity contribution in [1.82, 2.24) is 5.43 Å². The molecule has 4 atom stereocenters. The standard InChI is InChI=1S/C15H21ClN2O6/c1-8-5-10(16)3-4-12(8)24-7-13(21)18-17-6-11(20)15(23)14(22)9(2)19/h3-6,9,11,14-15,19-20,22-23H,7H2,1-2H3,(H,18,21)/b17-6-/t9-,11-,14+,15-/m0/s1. The first-order valence-electron chi connectivity index (χ1n) is 7.15. The molecule has 24 heavy (non-hydrogen) atoms. The number of amides is 1. The van der Waals surface area contributed by atoms with Crippen LogP contribution in [0.15, 0.2) is 23.3 Å². The van der Waals surface area contributed by atoms with Crippen LogP contribution in [0.25, 0.3) is 0 Å². The van der Waals surface area contributed by atoms with Gasteiger partial charge in [-0.05, 0) is 37.6 Å². The van der Waals surface area contributed by atoms with Crippen LogP contribution in [-0.2, 0) is 4.79 Å². The lowest BCUT2D eigenvalue weighted by atomic mass is 10.1. The van der Waals surface area contributed by atoms with Crippen LogP contribution in [0.3, 0.4) is 0 Å². The number of hydrogen-bond acceptors (Lipinski definition) is 7. The molecule has 0 bridgehead atoms. The number of nitrogens with one attached hydrogen (secondary N) is 1. The number of nitrogens with zero attached hydrogens (tertiary/aromatic N) is 1. The Labute approximate surface area is 144 Å². The molecule has 0 unspecified atom stereocenters. The lowest BCUT2D eigenvalue weighted by Gasteiger charge is -2.22. The molecule has 0 aromatic heterocycles. The van der Waals surface area contributed by atoms with Crippen molar-refractivity contribution in [3.8, 4) is 5.75 Å². The van der Waals surface area contributed by atoms with Crippen LogP contribution < -0.4 is 10.2 Å². The number of hydrazone groups is 1. The summed E-state index contributed by atoms with van der Waals surface area (Å²) in [6.45, 7) is 2.73. The number of aliphatic hydroxyl groups is 4. The number of carbonyl (C=O) groups excluding carboxylic acids is 1. The van der Waals surface area contributed by atoms with Crippen LogP contribution in [0, 0.1) is 6.92 Å². The minimum Gasteiger partial charge on any atom is -0.483 e. The fourth-order valence-corrected chi connectivity index (χ4v) is 1.94. The predicted molar refractivity (Wildman–Crippen MR) is 88.0 cm³/mol. The van der Waals surface area contributed by atoms with Crippen molar-refractivity contribution >= 4 is 23.7 Å². The fraction of sp³-hybridized carbons (Fsp3) is 0.467. The summed E-state index contributed by atoms with van der Waals surface area (Å²) in [5.74, 6) is -0.0904. The summed E-state index contributed by atoms with van der Waals surface area (Å²) < 4.78 is 5.30. The molecule has 1 aromatic rings. The molecule has 0 aliphatic heterocycles. The van der Waals surface area contributed by atoms with Gasteiger partial charge in [-0.2, -0.15) is 5.10 Å². The summed E-state index contributed by atoms with van der Waals surface area (Å²) in [5.41, 5.74) is 2.87. The topological polar surface area (TPSA) is 132 Å². The molecule has 0 aliphatic rings. The van der Waals surface area contributed by atoms with E-state index in [1.807, 2.05) is 0 Å². The highest BCUT2D eigenvalue weighted by molar-refractivity contribution is 6.30. The van der Waals surface area contributed by atoms with Crippen molar-refractivity contribution in [3.63, 3.8) is 0 Å². The Morgan fingerprint density at radius 1 is 1.33 bits per heavy atom. The van der Waals surface area contributed by atoms with Gasteiger partial charge in [0.2, 0.25) is 0 Å². The predicted octanol–water partition coefficient (Wildman–Crippen LogP) is -0.407. The third-order valence-corrected chi connectivity index (χ3v) is 3.34. The van der Waals surface area contributed by atoms with Gasteiger partial charge < -0.3 is 25.2 Å². The van der Waals surface area contributed by atoms with Crippen LogP contribution in [0.1, 0.15) is 12.5 Å². The third kappa shape index (κ3) is 6.42. The highest BCUT2D eigenvalue weighted by Crippen LogP contribution is 2.21. The maximum Gasteiger partial charge on any atom is 0.277 e. The lowest BCUT2D eigenvalue weighted by molar-refractivity contribution is -0.123. The molecule has 0 heterocycles. The number of ether oxygens (including phenoxy) is 1. The summed E-state index contributed by atoms with van der Waals surface area (Å²) in [5, 5.41) is 41.6. The first kappa shape index (κ1) is 20.3. The maximum absolute atomic E-state index is 11.6. The van der Waals surface area contributed by atoms with E-state index in [0.717, 1.165) is 11.8 Å². The first-order valence-corrected chi connectivity index (χ1v) is 7.53. The smallest absolute Gasteiger partial charge is 0.277 e. The second-order valence-electron chi connectivity index (χ2n) is 5.22. The molecule has 134 valence electrons. The number of halogens is 1. The van der Waals surface area contributed by atoms with Gasteiger partial charge in [0.15, 0.2) is 6.61 Å². The molecule has 0 aliphatic carbocycles. The van der Waals surface area contributed by atoms with Crippen LogP contribution in [0.5, 0.6) is 5.75 Å². The minimum atomic E-state index is -1.64. The zero-order valence-corrected chi connectivity index (χ0v) is 14.0. The fourth-order valence-electron chi connectivity index (χ4n) is 1.71. The van der Waals surface area contributed by atoms with Gasteiger partial charge in [-0.15, -0.1) is 0 Å². The van der Waals surface area contributed by atoms with Gasteiger partial charge in [-0.1, -0.05) is 11.6 Å². The molecule has 1 amide bonds. The van der Waals surface area contributed by atoms with E-state index in [4.69, 9.17) is 21.4 Å². The maximum atomic E-state index is 11.6. The van der Waals surface area contributed by atoms with E-state index >= 15 is 0 Å². The largest absolute Gasteiger partial charge is 0.483 e. The monoisotopic (exact) mass is 360 g/mol. The van der Waals surface area contributed by atoms with Gasteiger partial charge >= 0.3 is 0 Å². The molecule has 0 radical (unpaired) electrons. The van der Waals surface area contributed by atoms with E-state index in [2.05, 4.69) is 10.5 Å². The normalized spacial score (nSPS) is 16.5. The number of benzene rings is 1. The van der Waals surface area contributed by atoms with Crippen molar-refractivity contribution in [3.05, 3.63) is 28.8 Å². The van der Waals surface area contributed by atoms with Gasteiger partial charge in [-0.3, -0.25) is 4.79 Å². The summed E-state index contributed by atoms with van der Waals surface area (Å²) in [6.07, 6.45) is -5.14. The van der Waals surface area contributed by atoms with Crippen LogP contribution in [0.4, 0.5) is 0 Å². The SMILES string of the molecule is Cc1cc(Cl)ccc1OCC(=O)N/N=C\[C@H](O)[C@H](O)[C@H](O)[C@H](C)O. The van der Waals surface area contributed by atoms with Gasteiger partial charge in [0.25, 0.3) is 5.91 Å². The molecular formula is C15H21ClN2O6. The number of hydrogen-bond donors (Lipinski definition) is 5. The Hall–Kier alpha value is -1.71. The zero-order chi connectivity index (χ0) is 18.3. The van der Waals surface area contributed by atoms with Gasteiger partial charge in [0.1, 0.15) is 24.1 Å². The molecular weight excluding hydrogens is 340 g/mol. The first-order chi connectivity index (χ1) is 11.2. The molecule has 1 aromatic carbocycles. The third-order valence-electron chi connectivity index (χ3n) is 3.11. The van der Waals surface area contributed by atoms with E-state index in [0.29, 0.717) is 10.8 Å². The van der Waals surface area contributed by atoms with Gasteiger partial charge in [-0.25, -0.2) is 5.43 Å². The number of aryl methyl sites for hydroxylation is 1. The molecule has 9 heteroatoms. The van der Waals surface area contributed by atoms with E-state index in [-0.39, 0.29) is 6.61 Å². The van der Waals surface area contributed by atoms with Crippen molar-refractivity contribution in [2.75, 3.05) is 6.61 Å². The highest BCUT2D eigenvalue weighted by Gasteiger charge is 2.27. The average Bonchev–Trinajstić information content (AvgIpc) is 2.52. The Balaban J connectivity index is 2.42. The van der Waals surface area contributed by atoms with Crippen molar-refractivity contribution in [1.29, 1.82) is 0 Å². The summed E-state index contributed by atoms with van der Waals surface area (Å²) in [4.78, 5) is 11.6. The second kappa shape index (κ2) is 9.55. The van der Waals surface area contributed by atoms with Crippen molar-refractivity contribution < 1.29 is 30.0 Å². The van der Waals surface area contributed by atoms with E-state index in [1.165, 1.54) is 6.92 Å².